The van der Waals surface area contributed by atoms with Crippen molar-refractivity contribution in [2.45, 2.75) is 12.6 Å². The minimum Gasteiger partial charge on any atom is -0.497 e. The Kier molecular flexibility index (Phi) is 5.32. The van der Waals surface area contributed by atoms with Gasteiger partial charge in [0.1, 0.15) is 11.8 Å². The largest absolute Gasteiger partial charge is 0.497 e. The number of nitrogens with zero attached hydrogens (tertiary/aromatic N) is 2. The molecule has 2 heterocycles. The van der Waals surface area contributed by atoms with Crippen LogP contribution in [-0.2, 0) is 11.3 Å². The first-order chi connectivity index (χ1) is 13.7. The number of hydrogen-bond donors (Lipinski definition) is 2. The average Bonchev–Trinajstić information content (AvgIpc) is 3.13. The number of methoxy groups -OCH3 is 1. The van der Waals surface area contributed by atoms with Gasteiger partial charge in [0, 0.05) is 55.4 Å². The normalized spacial score (nSPS) is 16.9. The van der Waals surface area contributed by atoms with Crippen LogP contribution in [0.2, 0.25) is 0 Å². The lowest BCUT2D eigenvalue weighted by molar-refractivity contribution is -0.144. The number of H-pyrrole nitrogens is 1. The number of aliphatic carboxylic acids is 1. The second-order valence-corrected chi connectivity index (χ2v) is 7.19. The summed E-state index contributed by atoms with van der Waals surface area (Å²) >= 11 is 0. The molecule has 28 heavy (non-hydrogen) atoms. The minimum atomic E-state index is -0.819. The van der Waals surface area contributed by atoms with Gasteiger partial charge in [0.05, 0.1) is 7.11 Å². The lowest BCUT2D eigenvalue weighted by Crippen LogP contribution is -2.48. The van der Waals surface area contributed by atoms with E-state index in [-0.39, 0.29) is 0 Å². The van der Waals surface area contributed by atoms with Crippen LogP contribution in [0.25, 0.3) is 10.9 Å². The number of hydrogen-bond acceptors (Lipinski definition) is 4. The summed E-state index contributed by atoms with van der Waals surface area (Å²) in [4.78, 5) is 19.8. The molecule has 2 N–H and O–H groups in total. The minimum absolute atomic E-state index is 0.667. The Balaban J connectivity index is 1.51. The lowest BCUT2D eigenvalue weighted by Gasteiger charge is -2.37. The van der Waals surface area contributed by atoms with Crippen LogP contribution in [0.15, 0.2) is 54.7 Å². The number of carbonyl (C=O) groups is 1. The molecule has 0 amide bonds. The zero-order valence-electron chi connectivity index (χ0n) is 16.0. The fraction of sp³-hybridized carbons (Fsp3) is 0.318. The van der Waals surface area contributed by atoms with Gasteiger partial charge in [-0.3, -0.25) is 14.6 Å². The van der Waals surface area contributed by atoms with E-state index >= 15 is 0 Å². The molecular formula is C22H25N3O3. The number of carboxylic acid groups (broad SMARTS) is 1. The van der Waals surface area contributed by atoms with Crippen molar-refractivity contribution in [3.63, 3.8) is 0 Å². The van der Waals surface area contributed by atoms with E-state index in [2.05, 4.69) is 39.0 Å². The molecule has 0 unspecified atom stereocenters. The lowest BCUT2D eigenvalue weighted by atomic mass is 10.0. The van der Waals surface area contributed by atoms with Crippen molar-refractivity contribution in [3.8, 4) is 5.75 Å². The van der Waals surface area contributed by atoms with Gasteiger partial charge in [-0.05, 0) is 23.8 Å². The Morgan fingerprint density at radius 1 is 1.14 bits per heavy atom. The van der Waals surface area contributed by atoms with E-state index in [9.17, 15) is 9.90 Å². The van der Waals surface area contributed by atoms with Gasteiger partial charge in [0.25, 0.3) is 0 Å². The fourth-order valence-electron chi connectivity index (χ4n) is 3.98. The Labute approximate surface area is 164 Å². The van der Waals surface area contributed by atoms with Crippen molar-refractivity contribution in [3.05, 3.63) is 65.9 Å². The zero-order valence-corrected chi connectivity index (χ0v) is 16.0. The van der Waals surface area contributed by atoms with E-state index in [4.69, 9.17) is 4.74 Å². The van der Waals surface area contributed by atoms with Crippen molar-refractivity contribution < 1.29 is 14.6 Å². The standard InChI is InChI=1S/C22H25N3O3/c1-28-17-7-8-20-18(13-17)19(14-23-20)21(22(26)27)25-11-9-24(10-12-25)15-16-5-3-2-4-6-16/h2-8,13-14,21,23H,9-12,15H2,1H3,(H,26,27)/t21-/m0/s1. The Morgan fingerprint density at radius 3 is 2.57 bits per heavy atom. The summed E-state index contributed by atoms with van der Waals surface area (Å²) < 4.78 is 5.32. The third kappa shape index (κ3) is 3.74. The third-order valence-electron chi connectivity index (χ3n) is 5.47. The van der Waals surface area contributed by atoms with Gasteiger partial charge in [0.2, 0.25) is 0 Å². The zero-order chi connectivity index (χ0) is 19.5. The van der Waals surface area contributed by atoms with Crippen LogP contribution < -0.4 is 4.74 Å². The maximum atomic E-state index is 12.2. The van der Waals surface area contributed by atoms with E-state index in [1.807, 2.05) is 30.5 Å². The molecule has 2 aromatic carbocycles. The number of carboxylic acids is 1. The highest BCUT2D eigenvalue weighted by Crippen LogP contribution is 2.31. The van der Waals surface area contributed by atoms with Gasteiger partial charge in [0.15, 0.2) is 0 Å². The Morgan fingerprint density at radius 2 is 1.89 bits per heavy atom. The Hall–Kier alpha value is -2.83. The molecule has 0 radical (unpaired) electrons. The fourth-order valence-corrected chi connectivity index (χ4v) is 3.98. The van der Waals surface area contributed by atoms with E-state index in [0.29, 0.717) is 0 Å². The molecule has 0 aliphatic carbocycles. The first-order valence-electron chi connectivity index (χ1n) is 9.54. The van der Waals surface area contributed by atoms with Crippen molar-refractivity contribution >= 4 is 16.9 Å². The molecule has 1 fully saturated rings. The quantitative estimate of drug-likeness (QED) is 0.689. The number of aromatic amines is 1. The average molecular weight is 379 g/mol. The third-order valence-corrected chi connectivity index (χ3v) is 5.47. The van der Waals surface area contributed by atoms with Crippen LogP contribution in [0.1, 0.15) is 17.2 Å². The Bertz CT molecular complexity index is 946. The second kappa shape index (κ2) is 8.04. The summed E-state index contributed by atoms with van der Waals surface area (Å²) in [5.74, 6) is -0.0922. The molecule has 0 spiro atoms. The number of fused-ring (bicyclic) bond motifs is 1. The van der Waals surface area contributed by atoms with Crippen molar-refractivity contribution in [1.82, 2.24) is 14.8 Å². The summed E-state index contributed by atoms with van der Waals surface area (Å²) in [5, 5.41) is 10.9. The highest BCUT2D eigenvalue weighted by Gasteiger charge is 2.32. The molecule has 1 aliphatic rings. The van der Waals surface area contributed by atoms with E-state index < -0.39 is 12.0 Å². The van der Waals surface area contributed by atoms with Crippen LogP contribution in [0, 0.1) is 0 Å². The van der Waals surface area contributed by atoms with Gasteiger partial charge >= 0.3 is 5.97 Å². The number of piperazine rings is 1. The number of aromatic nitrogens is 1. The summed E-state index contributed by atoms with van der Waals surface area (Å²) in [6.45, 7) is 4.05. The molecule has 1 aromatic heterocycles. The molecule has 0 bridgehead atoms. The van der Waals surface area contributed by atoms with Crippen molar-refractivity contribution in [1.29, 1.82) is 0 Å². The highest BCUT2D eigenvalue weighted by atomic mass is 16.5. The molecule has 6 nitrogen and oxygen atoms in total. The number of rotatable bonds is 6. The predicted octanol–water partition coefficient (Wildman–Crippen LogP) is 3.12. The predicted molar refractivity (Wildman–Crippen MR) is 109 cm³/mol. The smallest absolute Gasteiger partial charge is 0.325 e. The molecule has 1 aliphatic heterocycles. The summed E-state index contributed by atoms with van der Waals surface area (Å²) in [6, 6.07) is 15.4. The molecule has 0 saturated carbocycles. The van der Waals surface area contributed by atoms with E-state index in [0.717, 1.165) is 54.9 Å². The van der Waals surface area contributed by atoms with Crippen molar-refractivity contribution in [2.24, 2.45) is 0 Å². The van der Waals surface area contributed by atoms with Gasteiger partial charge in [-0.25, -0.2) is 0 Å². The maximum Gasteiger partial charge on any atom is 0.325 e. The molecule has 4 rings (SSSR count). The van der Waals surface area contributed by atoms with Crippen LogP contribution in [0.4, 0.5) is 0 Å². The molecule has 6 heteroatoms. The highest BCUT2D eigenvalue weighted by molar-refractivity contribution is 5.90. The monoisotopic (exact) mass is 379 g/mol. The second-order valence-electron chi connectivity index (χ2n) is 7.19. The maximum absolute atomic E-state index is 12.2. The summed E-state index contributed by atoms with van der Waals surface area (Å²) in [7, 11) is 1.62. The summed E-state index contributed by atoms with van der Waals surface area (Å²) in [6.07, 6.45) is 1.82. The molecule has 3 aromatic rings. The topological polar surface area (TPSA) is 68.8 Å². The number of ether oxygens (including phenoxy) is 1. The van der Waals surface area contributed by atoms with E-state index in [1.165, 1.54) is 5.56 Å². The first kappa shape index (κ1) is 18.5. The van der Waals surface area contributed by atoms with Crippen LogP contribution in [0.3, 0.4) is 0 Å². The van der Waals surface area contributed by atoms with Crippen molar-refractivity contribution in [2.75, 3.05) is 33.3 Å². The molecule has 1 saturated heterocycles. The van der Waals surface area contributed by atoms with Gasteiger partial charge in [-0.15, -0.1) is 0 Å². The summed E-state index contributed by atoms with van der Waals surface area (Å²) in [5.41, 5.74) is 3.00. The van der Waals surface area contributed by atoms with E-state index in [1.54, 1.807) is 7.11 Å². The van der Waals surface area contributed by atoms with Gasteiger partial charge in [-0.1, -0.05) is 30.3 Å². The SMILES string of the molecule is COc1ccc2[nH]cc([C@@H](C(=O)O)N3CCN(Cc4ccccc4)CC3)c2c1. The molecule has 146 valence electrons. The number of benzene rings is 2. The van der Waals surface area contributed by atoms with Gasteiger partial charge < -0.3 is 14.8 Å². The molecule has 1 atom stereocenters. The first-order valence-corrected chi connectivity index (χ1v) is 9.54. The molecular weight excluding hydrogens is 354 g/mol. The number of nitrogens with one attached hydrogen (secondary N) is 1. The van der Waals surface area contributed by atoms with Crippen LogP contribution in [0.5, 0.6) is 5.75 Å². The van der Waals surface area contributed by atoms with Crippen LogP contribution >= 0.6 is 0 Å². The van der Waals surface area contributed by atoms with Crippen LogP contribution in [-0.4, -0.2) is 59.1 Å². The van der Waals surface area contributed by atoms with Gasteiger partial charge in [-0.2, -0.15) is 0 Å².